The molecule has 0 aromatic carbocycles. The maximum absolute atomic E-state index is 12.3. The van der Waals surface area contributed by atoms with E-state index < -0.39 is 24.7 Å². The first kappa shape index (κ1) is 7.87. The molecule has 0 aromatic rings. The van der Waals surface area contributed by atoms with Gasteiger partial charge in [-0.2, -0.15) is 0 Å². The van der Waals surface area contributed by atoms with Crippen molar-refractivity contribution in [2.24, 2.45) is 0 Å². The van der Waals surface area contributed by atoms with Gasteiger partial charge in [0.15, 0.2) is 0 Å². The van der Waals surface area contributed by atoms with E-state index in [0.29, 0.717) is 0 Å². The van der Waals surface area contributed by atoms with Crippen LogP contribution in [0.3, 0.4) is 0 Å². The molecular formula is C5H9FO4. The highest BCUT2D eigenvalue weighted by atomic mass is 19.1. The fraction of sp³-hybridized carbons (Fsp3) is 1.00. The number of aliphatic hydroxyl groups is 3. The number of alkyl halides is 1. The summed E-state index contributed by atoms with van der Waals surface area (Å²) < 4.78 is 16.5. The summed E-state index contributed by atoms with van der Waals surface area (Å²) in [5.41, 5.74) is 0. The predicted octanol–water partition coefficient (Wildman–Crippen LogP) is -1.61. The van der Waals surface area contributed by atoms with Gasteiger partial charge in [-0.3, -0.25) is 0 Å². The largest absolute Gasteiger partial charge is 0.388 e. The zero-order chi connectivity index (χ0) is 7.72. The lowest BCUT2D eigenvalue weighted by Gasteiger charge is -2.30. The monoisotopic (exact) mass is 152 g/mol. The van der Waals surface area contributed by atoms with E-state index in [2.05, 4.69) is 4.74 Å². The smallest absolute Gasteiger partial charge is 0.227 e. The minimum atomic E-state index is -1.89. The molecule has 1 aliphatic heterocycles. The Kier molecular flexibility index (Phi) is 2.20. The van der Waals surface area contributed by atoms with Crippen molar-refractivity contribution in [3.63, 3.8) is 0 Å². The molecule has 0 bridgehead atoms. The molecule has 0 amide bonds. The van der Waals surface area contributed by atoms with E-state index in [1.807, 2.05) is 0 Å². The second-order valence-corrected chi connectivity index (χ2v) is 2.23. The summed E-state index contributed by atoms with van der Waals surface area (Å²) in [5, 5.41) is 26.3. The Labute approximate surface area is 56.9 Å². The van der Waals surface area contributed by atoms with Gasteiger partial charge in [0.05, 0.1) is 6.61 Å². The van der Waals surface area contributed by atoms with Gasteiger partial charge in [-0.25, -0.2) is 4.39 Å². The third-order valence-electron chi connectivity index (χ3n) is 1.44. The van der Waals surface area contributed by atoms with Crippen LogP contribution in [0.2, 0.25) is 0 Å². The van der Waals surface area contributed by atoms with E-state index in [1.165, 1.54) is 0 Å². The standard InChI is InChI=1S/C5H9FO4/c6-5-4(9)3(8)2(7)1-10-5/h2-5,7-9H,1H2/t2-,3-,4-,5+/m1/s1. The van der Waals surface area contributed by atoms with Crippen molar-refractivity contribution in [2.75, 3.05) is 6.61 Å². The van der Waals surface area contributed by atoms with E-state index in [0.717, 1.165) is 0 Å². The third kappa shape index (κ3) is 1.27. The average molecular weight is 152 g/mol. The van der Waals surface area contributed by atoms with Crippen molar-refractivity contribution in [1.29, 1.82) is 0 Å². The fourth-order valence-electron chi connectivity index (χ4n) is 0.770. The molecule has 4 atom stereocenters. The molecule has 5 heteroatoms. The van der Waals surface area contributed by atoms with Crippen LogP contribution in [-0.2, 0) is 4.74 Å². The lowest BCUT2D eigenvalue weighted by molar-refractivity contribution is -0.224. The van der Waals surface area contributed by atoms with Crippen LogP contribution in [0.4, 0.5) is 4.39 Å². The van der Waals surface area contributed by atoms with Crippen LogP contribution in [0.5, 0.6) is 0 Å². The summed E-state index contributed by atoms with van der Waals surface area (Å²) in [7, 11) is 0. The van der Waals surface area contributed by atoms with Crippen LogP contribution >= 0.6 is 0 Å². The van der Waals surface area contributed by atoms with Crippen LogP contribution in [-0.4, -0.2) is 46.6 Å². The van der Waals surface area contributed by atoms with Crippen molar-refractivity contribution in [2.45, 2.75) is 24.7 Å². The Balaban J connectivity index is 2.52. The van der Waals surface area contributed by atoms with Crippen LogP contribution < -0.4 is 0 Å². The van der Waals surface area contributed by atoms with E-state index in [1.54, 1.807) is 0 Å². The maximum atomic E-state index is 12.3. The van der Waals surface area contributed by atoms with Gasteiger partial charge >= 0.3 is 0 Å². The predicted molar refractivity (Wildman–Crippen MR) is 28.9 cm³/mol. The molecule has 3 N–H and O–H groups in total. The lowest BCUT2D eigenvalue weighted by Crippen LogP contribution is -2.51. The number of halogens is 1. The van der Waals surface area contributed by atoms with Gasteiger partial charge in [-0.15, -0.1) is 0 Å². The Morgan fingerprint density at radius 2 is 1.80 bits per heavy atom. The topological polar surface area (TPSA) is 69.9 Å². The first-order valence-corrected chi connectivity index (χ1v) is 2.93. The average Bonchev–Trinajstić information content (AvgIpc) is 1.93. The number of rotatable bonds is 0. The van der Waals surface area contributed by atoms with Crippen molar-refractivity contribution in [3.05, 3.63) is 0 Å². The second kappa shape index (κ2) is 2.79. The molecule has 0 radical (unpaired) electrons. The number of hydrogen-bond acceptors (Lipinski definition) is 4. The first-order chi connectivity index (χ1) is 4.63. The van der Waals surface area contributed by atoms with E-state index in [-0.39, 0.29) is 6.61 Å². The summed E-state index contributed by atoms with van der Waals surface area (Å²) in [5.74, 6) is 0. The number of ether oxygens (including phenoxy) is 1. The molecule has 1 fully saturated rings. The highest BCUT2D eigenvalue weighted by Crippen LogP contribution is 2.15. The molecule has 1 aliphatic rings. The SMILES string of the molecule is O[C@@H]1[C@H](O)[C@H](O)CO[C@@H]1F. The van der Waals surface area contributed by atoms with Gasteiger partial charge in [-0.05, 0) is 0 Å². The molecule has 4 nitrogen and oxygen atoms in total. The van der Waals surface area contributed by atoms with Crippen molar-refractivity contribution >= 4 is 0 Å². The van der Waals surface area contributed by atoms with E-state index in [4.69, 9.17) is 15.3 Å². The van der Waals surface area contributed by atoms with E-state index in [9.17, 15) is 4.39 Å². The highest BCUT2D eigenvalue weighted by Gasteiger charge is 2.37. The fourth-order valence-corrected chi connectivity index (χ4v) is 0.770. The first-order valence-electron chi connectivity index (χ1n) is 2.93. The Bertz CT molecular complexity index is 106. The van der Waals surface area contributed by atoms with Gasteiger partial charge in [0.1, 0.15) is 18.3 Å². The molecule has 1 rings (SSSR count). The van der Waals surface area contributed by atoms with Crippen LogP contribution in [0, 0.1) is 0 Å². The van der Waals surface area contributed by atoms with E-state index >= 15 is 0 Å². The zero-order valence-electron chi connectivity index (χ0n) is 5.14. The summed E-state index contributed by atoms with van der Waals surface area (Å²) in [6.45, 7) is -0.278. The second-order valence-electron chi connectivity index (χ2n) is 2.23. The Hall–Kier alpha value is -0.230. The van der Waals surface area contributed by atoms with Gasteiger partial charge in [0.25, 0.3) is 0 Å². The van der Waals surface area contributed by atoms with Gasteiger partial charge in [0.2, 0.25) is 6.36 Å². The van der Waals surface area contributed by atoms with Crippen LogP contribution in [0.1, 0.15) is 0 Å². The number of aliphatic hydroxyl groups excluding tert-OH is 3. The molecule has 60 valence electrons. The minimum absolute atomic E-state index is 0.278. The van der Waals surface area contributed by atoms with Crippen LogP contribution in [0.25, 0.3) is 0 Å². The normalized spacial score (nSPS) is 49.2. The minimum Gasteiger partial charge on any atom is -0.388 e. The molecule has 0 aromatic heterocycles. The zero-order valence-corrected chi connectivity index (χ0v) is 5.14. The van der Waals surface area contributed by atoms with Gasteiger partial charge < -0.3 is 20.1 Å². The summed E-state index contributed by atoms with van der Waals surface area (Å²) >= 11 is 0. The summed E-state index contributed by atoms with van der Waals surface area (Å²) in [4.78, 5) is 0. The molecule has 0 unspecified atom stereocenters. The molecule has 0 spiro atoms. The quantitative estimate of drug-likeness (QED) is 0.391. The van der Waals surface area contributed by atoms with Crippen molar-refractivity contribution in [3.8, 4) is 0 Å². The molecule has 0 saturated carbocycles. The lowest BCUT2D eigenvalue weighted by atomic mass is 10.1. The van der Waals surface area contributed by atoms with Gasteiger partial charge in [-0.1, -0.05) is 0 Å². The molecule has 1 heterocycles. The summed E-state index contributed by atoms with van der Waals surface area (Å²) in [6.07, 6.45) is -6.16. The van der Waals surface area contributed by atoms with Crippen molar-refractivity contribution in [1.82, 2.24) is 0 Å². The Morgan fingerprint density at radius 1 is 1.20 bits per heavy atom. The molecule has 0 aliphatic carbocycles. The number of hydrogen-bond donors (Lipinski definition) is 3. The van der Waals surface area contributed by atoms with Gasteiger partial charge in [0, 0.05) is 0 Å². The molecular weight excluding hydrogens is 143 g/mol. The highest BCUT2D eigenvalue weighted by molar-refractivity contribution is 4.81. The molecule has 1 saturated heterocycles. The maximum Gasteiger partial charge on any atom is 0.227 e. The molecule has 10 heavy (non-hydrogen) atoms. The third-order valence-corrected chi connectivity index (χ3v) is 1.44. The summed E-state index contributed by atoms with van der Waals surface area (Å²) in [6, 6.07) is 0. The Morgan fingerprint density at radius 3 is 2.30 bits per heavy atom. The van der Waals surface area contributed by atoms with Crippen molar-refractivity contribution < 1.29 is 24.4 Å². The van der Waals surface area contributed by atoms with Crippen LogP contribution in [0.15, 0.2) is 0 Å².